The van der Waals surface area contributed by atoms with Gasteiger partial charge in [-0.05, 0) is 43.5 Å². The molecule has 0 aliphatic heterocycles. The van der Waals surface area contributed by atoms with Crippen LogP contribution in [0.25, 0.3) is 10.9 Å². The molecule has 3 N–H and O–H groups in total. The molecule has 0 saturated carbocycles. The molecule has 0 unspecified atom stereocenters. The average Bonchev–Trinajstić information content (AvgIpc) is 2.41. The van der Waals surface area contributed by atoms with E-state index in [9.17, 15) is 0 Å². The van der Waals surface area contributed by atoms with E-state index in [0.717, 1.165) is 30.2 Å². The SMILES string of the molecule is Nc1c(OCCCCCO)ccc2ncccc12. The quantitative estimate of drug-likeness (QED) is 0.606. The first-order valence-corrected chi connectivity index (χ1v) is 6.20. The van der Waals surface area contributed by atoms with E-state index in [-0.39, 0.29) is 6.61 Å². The van der Waals surface area contributed by atoms with Crippen molar-refractivity contribution < 1.29 is 9.84 Å². The molecule has 0 aliphatic carbocycles. The minimum atomic E-state index is 0.240. The number of rotatable bonds is 6. The van der Waals surface area contributed by atoms with Crippen molar-refractivity contribution in [2.24, 2.45) is 0 Å². The van der Waals surface area contributed by atoms with Crippen LogP contribution in [0.4, 0.5) is 5.69 Å². The number of pyridine rings is 1. The Labute approximate surface area is 106 Å². The molecule has 0 radical (unpaired) electrons. The second-order valence-electron chi connectivity index (χ2n) is 4.18. The maximum absolute atomic E-state index is 8.68. The normalized spacial score (nSPS) is 10.7. The highest BCUT2D eigenvalue weighted by atomic mass is 16.5. The maximum Gasteiger partial charge on any atom is 0.142 e. The molecule has 1 aromatic heterocycles. The largest absolute Gasteiger partial charge is 0.491 e. The van der Waals surface area contributed by atoms with Gasteiger partial charge in [-0.15, -0.1) is 0 Å². The lowest BCUT2D eigenvalue weighted by Gasteiger charge is -2.10. The number of benzene rings is 1. The van der Waals surface area contributed by atoms with Gasteiger partial charge in [0.1, 0.15) is 5.75 Å². The van der Waals surface area contributed by atoms with Crippen molar-refractivity contribution in [2.75, 3.05) is 18.9 Å². The van der Waals surface area contributed by atoms with E-state index < -0.39 is 0 Å². The second kappa shape index (κ2) is 6.21. The van der Waals surface area contributed by atoms with Gasteiger partial charge in [-0.3, -0.25) is 4.98 Å². The van der Waals surface area contributed by atoms with Gasteiger partial charge in [0.05, 0.1) is 17.8 Å². The van der Waals surface area contributed by atoms with Crippen LogP contribution in [0.3, 0.4) is 0 Å². The average molecular weight is 246 g/mol. The third-order valence-corrected chi connectivity index (χ3v) is 2.85. The smallest absolute Gasteiger partial charge is 0.142 e. The van der Waals surface area contributed by atoms with Crippen molar-refractivity contribution in [3.05, 3.63) is 30.5 Å². The fourth-order valence-electron chi connectivity index (χ4n) is 1.85. The van der Waals surface area contributed by atoms with E-state index in [2.05, 4.69) is 4.98 Å². The van der Waals surface area contributed by atoms with Gasteiger partial charge in [-0.25, -0.2) is 0 Å². The lowest BCUT2D eigenvalue weighted by atomic mass is 10.1. The molecule has 1 aromatic carbocycles. The number of anilines is 1. The van der Waals surface area contributed by atoms with Crippen molar-refractivity contribution in [1.82, 2.24) is 4.98 Å². The van der Waals surface area contributed by atoms with Crippen LogP contribution >= 0.6 is 0 Å². The van der Waals surface area contributed by atoms with Crippen molar-refractivity contribution in [1.29, 1.82) is 0 Å². The van der Waals surface area contributed by atoms with Gasteiger partial charge in [-0.1, -0.05) is 0 Å². The van der Waals surface area contributed by atoms with Crippen molar-refractivity contribution in [3.63, 3.8) is 0 Å². The fourth-order valence-corrected chi connectivity index (χ4v) is 1.85. The van der Waals surface area contributed by atoms with Crippen molar-refractivity contribution in [3.8, 4) is 5.75 Å². The molecule has 1 heterocycles. The first-order chi connectivity index (χ1) is 8.83. The molecule has 0 bridgehead atoms. The van der Waals surface area contributed by atoms with Gasteiger partial charge >= 0.3 is 0 Å². The fraction of sp³-hybridized carbons (Fsp3) is 0.357. The van der Waals surface area contributed by atoms with Gasteiger partial charge < -0.3 is 15.6 Å². The van der Waals surface area contributed by atoms with Gasteiger partial charge in [-0.2, -0.15) is 0 Å². The molecule has 2 aromatic rings. The Bertz CT molecular complexity index is 514. The third-order valence-electron chi connectivity index (χ3n) is 2.85. The summed E-state index contributed by atoms with van der Waals surface area (Å²) in [4.78, 5) is 4.24. The molecule has 4 heteroatoms. The Hall–Kier alpha value is -1.81. The zero-order chi connectivity index (χ0) is 12.8. The number of aliphatic hydroxyl groups excluding tert-OH is 1. The topological polar surface area (TPSA) is 68.4 Å². The number of aromatic nitrogens is 1. The predicted molar refractivity (Wildman–Crippen MR) is 72.6 cm³/mol. The van der Waals surface area contributed by atoms with E-state index in [1.165, 1.54) is 0 Å². The van der Waals surface area contributed by atoms with E-state index >= 15 is 0 Å². The van der Waals surface area contributed by atoms with Crippen LogP contribution in [0.15, 0.2) is 30.5 Å². The highest BCUT2D eigenvalue weighted by molar-refractivity contribution is 5.93. The van der Waals surface area contributed by atoms with E-state index in [0.29, 0.717) is 18.0 Å². The summed E-state index contributed by atoms with van der Waals surface area (Å²) in [6.07, 6.45) is 4.45. The second-order valence-corrected chi connectivity index (χ2v) is 4.18. The van der Waals surface area contributed by atoms with Crippen LogP contribution in [-0.4, -0.2) is 23.3 Å². The number of nitrogen functional groups attached to an aromatic ring is 1. The molecule has 0 aliphatic rings. The summed E-state index contributed by atoms with van der Waals surface area (Å²) in [6.45, 7) is 0.861. The first-order valence-electron chi connectivity index (χ1n) is 6.20. The van der Waals surface area contributed by atoms with Crippen LogP contribution in [-0.2, 0) is 0 Å². The lowest BCUT2D eigenvalue weighted by Crippen LogP contribution is -2.01. The highest BCUT2D eigenvalue weighted by Crippen LogP contribution is 2.29. The Morgan fingerprint density at radius 3 is 2.89 bits per heavy atom. The van der Waals surface area contributed by atoms with Gasteiger partial charge in [0, 0.05) is 18.2 Å². The Balaban J connectivity index is 2.03. The third kappa shape index (κ3) is 2.90. The monoisotopic (exact) mass is 246 g/mol. The number of nitrogens with two attached hydrogens (primary N) is 1. The van der Waals surface area contributed by atoms with Gasteiger partial charge in [0.25, 0.3) is 0 Å². The number of ether oxygens (including phenoxy) is 1. The van der Waals surface area contributed by atoms with Crippen LogP contribution in [0.5, 0.6) is 5.75 Å². The Morgan fingerprint density at radius 2 is 2.06 bits per heavy atom. The number of hydrogen-bond acceptors (Lipinski definition) is 4. The zero-order valence-corrected chi connectivity index (χ0v) is 10.3. The van der Waals surface area contributed by atoms with E-state index in [4.69, 9.17) is 15.6 Å². The molecule has 0 amide bonds. The summed E-state index contributed by atoms with van der Waals surface area (Å²) in [7, 11) is 0. The van der Waals surface area contributed by atoms with Gasteiger partial charge in [0.2, 0.25) is 0 Å². The van der Waals surface area contributed by atoms with Crippen LogP contribution in [0.1, 0.15) is 19.3 Å². The number of fused-ring (bicyclic) bond motifs is 1. The molecule has 0 atom stereocenters. The summed E-state index contributed by atoms with van der Waals surface area (Å²) in [6, 6.07) is 7.57. The number of unbranched alkanes of at least 4 members (excludes halogenated alkanes) is 2. The van der Waals surface area contributed by atoms with Gasteiger partial charge in [0.15, 0.2) is 0 Å². The van der Waals surface area contributed by atoms with Crippen LogP contribution in [0, 0.1) is 0 Å². The lowest BCUT2D eigenvalue weighted by molar-refractivity contribution is 0.266. The van der Waals surface area contributed by atoms with Crippen LogP contribution in [0.2, 0.25) is 0 Å². The molecule has 2 rings (SSSR count). The summed E-state index contributed by atoms with van der Waals surface area (Å²) in [5.74, 6) is 0.708. The predicted octanol–water partition coefficient (Wildman–Crippen LogP) is 2.36. The Kier molecular flexibility index (Phi) is 4.36. The number of nitrogens with zero attached hydrogens (tertiary/aromatic N) is 1. The minimum absolute atomic E-state index is 0.240. The number of hydrogen-bond donors (Lipinski definition) is 2. The number of aliphatic hydroxyl groups is 1. The molecule has 18 heavy (non-hydrogen) atoms. The van der Waals surface area contributed by atoms with E-state index in [1.54, 1.807) is 6.20 Å². The van der Waals surface area contributed by atoms with Crippen molar-refractivity contribution >= 4 is 16.6 Å². The Morgan fingerprint density at radius 1 is 1.17 bits per heavy atom. The molecular weight excluding hydrogens is 228 g/mol. The zero-order valence-electron chi connectivity index (χ0n) is 10.3. The standard InChI is InChI=1S/C14H18N2O2/c15-14-11-5-4-8-16-12(11)6-7-13(14)18-10-3-1-2-9-17/h4-8,17H,1-3,9-10,15H2. The molecule has 0 saturated heterocycles. The minimum Gasteiger partial charge on any atom is -0.491 e. The maximum atomic E-state index is 8.68. The molecule has 0 fully saturated rings. The summed E-state index contributed by atoms with van der Waals surface area (Å²) >= 11 is 0. The first kappa shape index (κ1) is 12.6. The summed E-state index contributed by atoms with van der Waals surface area (Å²) in [5.41, 5.74) is 7.57. The van der Waals surface area contributed by atoms with E-state index in [1.807, 2.05) is 24.3 Å². The molecule has 96 valence electrons. The van der Waals surface area contributed by atoms with Crippen LogP contribution < -0.4 is 10.5 Å². The summed E-state index contributed by atoms with van der Waals surface area (Å²) < 4.78 is 5.66. The molecule has 0 spiro atoms. The van der Waals surface area contributed by atoms with Crippen molar-refractivity contribution in [2.45, 2.75) is 19.3 Å². The molecule has 4 nitrogen and oxygen atoms in total. The highest BCUT2D eigenvalue weighted by Gasteiger charge is 2.05. The molecular formula is C14H18N2O2. The summed E-state index contributed by atoms with van der Waals surface area (Å²) in [5, 5.41) is 9.60.